The van der Waals surface area contributed by atoms with E-state index in [4.69, 9.17) is 0 Å². The summed E-state index contributed by atoms with van der Waals surface area (Å²) >= 11 is 0. The van der Waals surface area contributed by atoms with Crippen LogP contribution in [0.5, 0.6) is 0 Å². The van der Waals surface area contributed by atoms with E-state index in [1.807, 2.05) is 0 Å². The van der Waals surface area contributed by atoms with Crippen molar-refractivity contribution >= 4 is 21.0 Å². The van der Waals surface area contributed by atoms with Crippen LogP contribution in [-0.2, 0) is 16.0 Å². The van der Waals surface area contributed by atoms with Gasteiger partial charge in [-0.05, 0) is 60.2 Å². The maximum atomic E-state index is 12.7. The van der Waals surface area contributed by atoms with Gasteiger partial charge in [-0.25, -0.2) is 8.42 Å². The van der Waals surface area contributed by atoms with E-state index in [-0.39, 0.29) is 4.90 Å². The normalized spacial score (nSPS) is 15.7. The number of aromatic nitrogens is 1. The lowest BCUT2D eigenvalue weighted by Crippen LogP contribution is -2.04. The largest absolute Gasteiger partial charge is 0.416 e. The number of hydrogen-bond donors (Lipinski definition) is 0. The first-order valence-electron chi connectivity index (χ1n) is 7.72. The van der Waals surface area contributed by atoms with Crippen LogP contribution in [-0.4, -0.2) is 19.7 Å². The van der Waals surface area contributed by atoms with Gasteiger partial charge < -0.3 is 0 Å². The van der Waals surface area contributed by atoms with Gasteiger partial charge in [-0.2, -0.15) is 13.2 Å². The molecule has 2 aromatic rings. The molecule has 1 heterocycles. The summed E-state index contributed by atoms with van der Waals surface area (Å²) in [5.74, 6) is 0. The molecule has 0 amide bonds. The van der Waals surface area contributed by atoms with Gasteiger partial charge in [0.05, 0.1) is 16.2 Å². The molecule has 1 aromatic heterocycles. The first-order valence-corrected chi connectivity index (χ1v) is 9.61. The fourth-order valence-corrected chi connectivity index (χ4v) is 3.54. The van der Waals surface area contributed by atoms with Crippen molar-refractivity contribution in [1.82, 2.24) is 4.98 Å². The van der Waals surface area contributed by atoms with Crippen molar-refractivity contribution in [3.05, 3.63) is 59.4 Å². The quantitative estimate of drug-likeness (QED) is 0.797. The number of allylic oxidation sites excluding steroid dienone is 2. The molecule has 0 aliphatic heterocycles. The number of pyridine rings is 1. The molecule has 1 aliphatic rings. The molecule has 0 fully saturated rings. The molecular weight excluding hydrogens is 351 g/mol. The minimum atomic E-state index is -4.35. The predicted molar refractivity (Wildman–Crippen MR) is 89.5 cm³/mol. The Morgan fingerprint density at radius 3 is 2.12 bits per heavy atom. The summed E-state index contributed by atoms with van der Waals surface area (Å²) in [5.41, 5.74) is 2.66. The predicted octanol–water partition coefficient (Wildman–Crippen LogP) is 4.60. The standard InChI is InChI=1S/C18H16F3NO2S/c1-25(23,24)14-9-10-17(22-11-14)16-4-2-3-15(16)12-5-7-13(8-6-12)18(19,20)21/h5-11H,2-4H2,1H3. The topological polar surface area (TPSA) is 47.0 Å². The van der Waals surface area contributed by atoms with Gasteiger partial charge in [0.2, 0.25) is 0 Å². The number of hydrogen-bond acceptors (Lipinski definition) is 3. The van der Waals surface area contributed by atoms with E-state index in [0.717, 1.165) is 54.4 Å². The third kappa shape index (κ3) is 3.76. The van der Waals surface area contributed by atoms with Crippen LogP contribution < -0.4 is 0 Å². The fraction of sp³-hybridized carbons (Fsp3) is 0.278. The van der Waals surface area contributed by atoms with Crippen molar-refractivity contribution in [3.63, 3.8) is 0 Å². The Morgan fingerprint density at radius 2 is 1.60 bits per heavy atom. The van der Waals surface area contributed by atoms with Crippen LogP contribution in [0.15, 0.2) is 47.5 Å². The average Bonchev–Trinajstić information content (AvgIpc) is 3.03. The van der Waals surface area contributed by atoms with Crippen LogP contribution >= 0.6 is 0 Å². The Hall–Kier alpha value is -2.15. The van der Waals surface area contributed by atoms with Crippen LogP contribution in [0, 0.1) is 0 Å². The van der Waals surface area contributed by atoms with Gasteiger partial charge in [0.15, 0.2) is 9.84 Å². The van der Waals surface area contributed by atoms with E-state index in [1.165, 1.54) is 24.4 Å². The highest BCUT2D eigenvalue weighted by Gasteiger charge is 2.30. The number of rotatable bonds is 3. The number of benzene rings is 1. The lowest BCUT2D eigenvalue weighted by molar-refractivity contribution is -0.137. The van der Waals surface area contributed by atoms with Crippen molar-refractivity contribution in [2.24, 2.45) is 0 Å². The van der Waals surface area contributed by atoms with Gasteiger partial charge in [0, 0.05) is 12.5 Å². The Bertz CT molecular complexity index is 912. The second kappa shape index (κ2) is 6.29. The fourth-order valence-electron chi connectivity index (χ4n) is 2.98. The van der Waals surface area contributed by atoms with Crippen LogP contribution in [0.1, 0.15) is 36.1 Å². The first kappa shape index (κ1) is 17.7. The van der Waals surface area contributed by atoms with Crippen LogP contribution in [0.3, 0.4) is 0 Å². The van der Waals surface area contributed by atoms with Gasteiger partial charge in [-0.1, -0.05) is 12.1 Å². The van der Waals surface area contributed by atoms with E-state index in [2.05, 4.69) is 4.98 Å². The number of alkyl halides is 3. The highest BCUT2D eigenvalue weighted by Crippen LogP contribution is 2.40. The van der Waals surface area contributed by atoms with E-state index >= 15 is 0 Å². The van der Waals surface area contributed by atoms with E-state index < -0.39 is 21.6 Å². The molecule has 0 N–H and O–H groups in total. The molecule has 25 heavy (non-hydrogen) atoms. The first-order chi connectivity index (χ1) is 11.7. The third-order valence-corrected chi connectivity index (χ3v) is 5.35. The Morgan fingerprint density at radius 1 is 0.960 bits per heavy atom. The third-order valence-electron chi connectivity index (χ3n) is 4.25. The molecule has 0 saturated carbocycles. The zero-order valence-corrected chi connectivity index (χ0v) is 14.3. The average molecular weight is 367 g/mol. The summed E-state index contributed by atoms with van der Waals surface area (Å²) in [6.45, 7) is 0. The molecule has 132 valence electrons. The maximum absolute atomic E-state index is 12.7. The monoisotopic (exact) mass is 367 g/mol. The van der Waals surface area contributed by atoms with Crippen molar-refractivity contribution in [3.8, 4) is 0 Å². The van der Waals surface area contributed by atoms with Crippen LogP contribution in [0.25, 0.3) is 11.1 Å². The molecule has 0 bridgehead atoms. The van der Waals surface area contributed by atoms with Gasteiger partial charge in [-0.15, -0.1) is 0 Å². The van der Waals surface area contributed by atoms with E-state index in [0.29, 0.717) is 5.69 Å². The molecule has 1 aliphatic carbocycles. The molecule has 1 aromatic carbocycles. The highest BCUT2D eigenvalue weighted by atomic mass is 32.2. The minimum Gasteiger partial charge on any atom is -0.255 e. The second-order valence-electron chi connectivity index (χ2n) is 6.04. The molecule has 3 rings (SSSR count). The second-order valence-corrected chi connectivity index (χ2v) is 8.05. The van der Waals surface area contributed by atoms with Crippen molar-refractivity contribution in [1.29, 1.82) is 0 Å². The van der Waals surface area contributed by atoms with Crippen molar-refractivity contribution < 1.29 is 21.6 Å². The summed E-state index contributed by atoms with van der Waals surface area (Å²) in [7, 11) is -3.31. The maximum Gasteiger partial charge on any atom is 0.416 e. The zero-order chi connectivity index (χ0) is 18.2. The van der Waals surface area contributed by atoms with Crippen LogP contribution in [0.2, 0.25) is 0 Å². The summed E-state index contributed by atoms with van der Waals surface area (Å²) in [4.78, 5) is 4.39. The van der Waals surface area contributed by atoms with Crippen LogP contribution in [0.4, 0.5) is 13.2 Å². The Balaban J connectivity index is 1.97. The SMILES string of the molecule is CS(=O)(=O)c1ccc(C2=C(c3ccc(C(F)(F)F)cc3)CCC2)nc1. The van der Waals surface area contributed by atoms with E-state index in [1.54, 1.807) is 6.07 Å². The smallest absolute Gasteiger partial charge is 0.255 e. The van der Waals surface area contributed by atoms with E-state index in [9.17, 15) is 21.6 Å². The van der Waals surface area contributed by atoms with Crippen molar-refractivity contribution in [2.75, 3.05) is 6.26 Å². The van der Waals surface area contributed by atoms with Gasteiger partial charge in [0.1, 0.15) is 0 Å². The number of nitrogens with zero attached hydrogens (tertiary/aromatic N) is 1. The molecule has 0 saturated heterocycles. The summed E-state index contributed by atoms with van der Waals surface area (Å²) < 4.78 is 61.1. The summed E-state index contributed by atoms with van der Waals surface area (Å²) in [5, 5.41) is 0. The molecular formula is C18H16F3NO2S. The van der Waals surface area contributed by atoms with Gasteiger partial charge >= 0.3 is 6.18 Å². The molecule has 3 nitrogen and oxygen atoms in total. The highest BCUT2D eigenvalue weighted by molar-refractivity contribution is 7.90. The molecule has 0 atom stereocenters. The summed E-state index contributed by atoms with van der Waals surface area (Å²) in [6.07, 6.45) is 0.500. The molecule has 7 heteroatoms. The lowest BCUT2D eigenvalue weighted by atomic mass is 9.99. The zero-order valence-electron chi connectivity index (χ0n) is 13.5. The summed E-state index contributed by atoms with van der Waals surface area (Å²) in [6, 6.07) is 8.29. The van der Waals surface area contributed by atoms with Gasteiger partial charge in [-0.3, -0.25) is 4.98 Å². The Kier molecular flexibility index (Phi) is 4.45. The number of halogens is 3. The molecule has 0 spiro atoms. The Labute approximate surface area is 144 Å². The molecule has 0 radical (unpaired) electrons. The minimum absolute atomic E-state index is 0.144. The number of sulfone groups is 1. The molecule has 0 unspecified atom stereocenters. The van der Waals surface area contributed by atoms with Gasteiger partial charge in [0.25, 0.3) is 0 Å². The van der Waals surface area contributed by atoms with Crippen molar-refractivity contribution in [2.45, 2.75) is 30.3 Å². The lowest BCUT2D eigenvalue weighted by Gasteiger charge is -2.10.